The van der Waals surface area contributed by atoms with Crippen molar-refractivity contribution in [2.75, 3.05) is 12.3 Å². The summed E-state index contributed by atoms with van der Waals surface area (Å²) in [5.41, 5.74) is 5.41. The zero-order valence-corrected chi connectivity index (χ0v) is 9.27. The minimum Gasteiger partial charge on any atom is -0.381 e. The van der Waals surface area contributed by atoms with Crippen molar-refractivity contribution < 1.29 is 4.79 Å². The molecule has 0 bridgehead atoms. The summed E-state index contributed by atoms with van der Waals surface area (Å²) in [6.07, 6.45) is 1.42. The van der Waals surface area contributed by atoms with E-state index in [1.807, 2.05) is 13.8 Å². The van der Waals surface area contributed by atoms with E-state index in [0.29, 0.717) is 18.3 Å². The Morgan fingerprint density at radius 3 is 2.73 bits per heavy atom. The number of hydrogen-bond donors (Lipinski definition) is 2. The van der Waals surface area contributed by atoms with Gasteiger partial charge in [0.2, 0.25) is 5.91 Å². The molecule has 1 atom stereocenters. The molecule has 0 aliphatic carbocycles. The van der Waals surface area contributed by atoms with Gasteiger partial charge in [-0.05, 0) is 12.8 Å². The fraction of sp³-hybridized carbons (Fsp3) is 0.667. The summed E-state index contributed by atoms with van der Waals surface area (Å²) in [5.74, 6) is 0.648. The number of rotatable bonds is 4. The molecule has 3 N–H and O–H groups in total. The molecule has 0 radical (unpaired) electrons. The largest absolute Gasteiger partial charge is 0.381 e. The minimum absolute atomic E-state index is 0.0979. The maximum absolute atomic E-state index is 11.6. The molecular formula is C9H17N5O. The van der Waals surface area contributed by atoms with E-state index in [9.17, 15) is 4.79 Å². The van der Waals surface area contributed by atoms with Crippen LogP contribution in [0.4, 0.5) is 5.82 Å². The van der Waals surface area contributed by atoms with Crippen molar-refractivity contribution in [1.82, 2.24) is 20.3 Å². The Kier molecular flexibility index (Phi) is 3.65. The lowest BCUT2D eigenvalue weighted by atomic mass is 10.2. The van der Waals surface area contributed by atoms with E-state index in [4.69, 9.17) is 5.73 Å². The Labute approximate surface area is 88.8 Å². The highest BCUT2D eigenvalue weighted by molar-refractivity contribution is 5.79. The summed E-state index contributed by atoms with van der Waals surface area (Å²) in [7, 11) is 0. The van der Waals surface area contributed by atoms with Crippen molar-refractivity contribution in [3.8, 4) is 0 Å². The molecule has 6 heteroatoms. The van der Waals surface area contributed by atoms with Gasteiger partial charge in [0.05, 0.1) is 6.20 Å². The van der Waals surface area contributed by atoms with Gasteiger partial charge < -0.3 is 11.1 Å². The van der Waals surface area contributed by atoms with Crippen molar-refractivity contribution in [3.05, 3.63) is 6.20 Å². The maximum Gasteiger partial charge on any atom is 0.246 e. The number of nitrogens with zero attached hydrogens (tertiary/aromatic N) is 3. The van der Waals surface area contributed by atoms with Crippen LogP contribution < -0.4 is 11.1 Å². The van der Waals surface area contributed by atoms with Crippen LogP contribution >= 0.6 is 0 Å². The first-order chi connectivity index (χ1) is 7.00. The highest BCUT2D eigenvalue weighted by Crippen LogP contribution is 2.03. The number of aromatic nitrogens is 3. The number of anilines is 1. The van der Waals surface area contributed by atoms with Crippen molar-refractivity contribution in [2.45, 2.75) is 26.8 Å². The quantitative estimate of drug-likeness (QED) is 0.744. The first-order valence-corrected chi connectivity index (χ1v) is 4.95. The zero-order chi connectivity index (χ0) is 11.4. The van der Waals surface area contributed by atoms with Crippen LogP contribution in [0.5, 0.6) is 0 Å². The highest BCUT2D eigenvalue weighted by atomic mass is 16.2. The number of nitrogens with two attached hydrogens (primary N) is 1. The molecule has 0 fully saturated rings. The Morgan fingerprint density at radius 2 is 2.27 bits per heavy atom. The van der Waals surface area contributed by atoms with Gasteiger partial charge in [-0.3, -0.25) is 4.79 Å². The van der Waals surface area contributed by atoms with E-state index in [2.05, 4.69) is 15.5 Å². The lowest BCUT2D eigenvalue weighted by molar-refractivity contribution is -0.124. The van der Waals surface area contributed by atoms with Gasteiger partial charge >= 0.3 is 0 Å². The van der Waals surface area contributed by atoms with Gasteiger partial charge in [-0.25, -0.2) is 0 Å². The molecule has 1 aromatic heterocycles. The molecule has 1 amide bonds. The first kappa shape index (κ1) is 11.5. The predicted octanol–water partition coefficient (Wildman–Crippen LogP) is 0.194. The van der Waals surface area contributed by atoms with Crippen molar-refractivity contribution in [3.63, 3.8) is 0 Å². The summed E-state index contributed by atoms with van der Waals surface area (Å²) in [6, 6.07) is -0.430. The molecule has 1 unspecified atom stereocenters. The fourth-order valence-electron chi connectivity index (χ4n) is 1.03. The monoisotopic (exact) mass is 211 g/mol. The van der Waals surface area contributed by atoms with Crippen LogP contribution in [-0.4, -0.2) is 27.4 Å². The normalized spacial score (nSPS) is 12.8. The van der Waals surface area contributed by atoms with Crippen LogP contribution in [0, 0.1) is 5.92 Å². The SMILES string of the molecule is CC(C)CNC(=O)C(C)n1ncc(N)n1. The fourth-order valence-corrected chi connectivity index (χ4v) is 1.03. The smallest absolute Gasteiger partial charge is 0.246 e. The maximum atomic E-state index is 11.6. The third-order valence-corrected chi connectivity index (χ3v) is 1.94. The predicted molar refractivity (Wildman–Crippen MR) is 57.0 cm³/mol. The second kappa shape index (κ2) is 4.77. The highest BCUT2D eigenvalue weighted by Gasteiger charge is 2.16. The Balaban J connectivity index is 2.53. The van der Waals surface area contributed by atoms with Gasteiger partial charge in [0, 0.05) is 6.54 Å². The van der Waals surface area contributed by atoms with Crippen LogP contribution in [0.1, 0.15) is 26.8 Å². The van der Waals surface area contributed by atoms with Crippen molar-refractivity contribution >= 4 is 11.7 Å². The summed E-state index contributed by atoms with van der Waals surface area (Å²) in [4.78, 5) is 12.9. The van der Waals surface area contributed by atoms with Crippen LogP contribution in [0.3, 0.4) is 0 Å². The van der Waals surface area contributed by atoms with Gasteiger partial charge in [-0.15, -0.1) is 5.10 Å². The second-order valence-corrected chi connectivity index (χ2v) is 3.90. The number of hydrogen-bond acceptors (Lipinski definition) is 4. The standard InChI is InChI=1S/C9H17N5O/c1-6(2)4-11-9(15)7(3)14-12-5-8(10)13-14/h5-7H,4H2,1-3H3,(H2,10,13)(H,11,15). The molecule has 0 aliphatic rings. The summed E-state index contributed by atoms with van der Waals surface area (Å²) in [6.45, 7) is 6.46. The van der Waals surface area contributed by atoms with Crippen LogP contribution in [0.15, 0.2) is 6.20 Å². The van der Waals surface area contributed by atoms with E-state index < -0.39 is 6.04 Å². The zero-order valence-electron chi connectivity index (χ0n) is 9.27. The second-order valence-electron chi connectivity index (χ2n) is 3.90. The third-order valence-electron chi connectivity index (χ3n) is 1.94. The Bertz CT molecular complexity index is 333. The molecule has 1 aromatic rings. The number of carbonyl (C=O) groups excluding carboxylic acids is 1. The van der Waals surface area contributed by atoms with Crippen molar-refractivity contribution in [2.24, 2.45) is 5.92 Å². The molecule has 1 heterocycles. The molecule has 0 spiro atoms. The van der Waals surface area contributed by atoms with E-state index in [1.165, 1.54) is 11.0 Å². The minimum atomic E-state index is -0.430. The van der Waals surface area contributed by atoms with E-state index in [0.717, 1.165) is 0 Å². The molecular weight excluding hydrogens is 194 g/mol. The summed E-state index contributed by atoms with van der Waals surface area (Å²) < 4.78 is 0. The van der Waals surface area contributed by atoms with Gasteiger partial charge in [0.1, 0.15) is 6.04 Å². The van der Waals surface area contributed by atoms with E-state index >= 15 is 0 Å². The molecule has 1 rings (SSSR count). The molecule has 15 heavy (non-hydrogen) atoms. The van der Waals surface area contributed by atoms with E-state index in [-0.39, 0.29) is 5.91 Å². The van der Waals surface area contributed by atoms with Gasteiger partial charge in [-0.1, -0.05) is 13.8 Å². The van der Waals surface area contributed by atoms with Gasteiger partial charge in [0.15, 0.2) is 5.82 Å². The molecule has 84 valence electrons. The molecule has 0 aromatic carbocycles. The summed E-state index contributed by atoms with van der Waals surface area (Å²) in [5, 5.41) is 10.6. The van der Waals surface area contributed by atoms with E-state index in [1.54, 1.807) is 6.92 Å². The van der Waals surface area contributed by atoms with Crippen LogP contribution in [0.25, 0.3) is 0 Å². The molecule has 0 saturated carbocycles. The Hall–Kier alpha value is -1.59. The topological polar surface area (TPSA) is 85.8 Å². The molecule has 0 saturated heterocycles. The molecule has 0 aliphatic heterocycles. The lowest BCUT2D eigenvalue weighted by Gasteiger charge is -2.12. The van der Waals surface area contributed by atoms with Gasteiger partial charge in [0.25, 0.3) is 0 Å². The Morgan fingerprint density at radius 1 is 1.60 bits per heavy atom. The third kappa shape index (κ3) is 3.23. The first-order valence-electron chi connectivity index (χ1n) is 4.95. The lowest BCUT2D eigenvalue weighted by Crippen LogP contribution is -2.34. The number of nitrogen functional groups attached to an aromatic ring is 1. The number of carbonyl (C=O) groups is 1. The number of amides is 1. The molecule has 6 nitrogen and oxygen atoms in total. The average molecular weight is 211 g/mol. The van der Waals surface area contributed by atoms with Crippen LogP contribution in [0.2, 0.25) is 0 Å². The van der Waals surface area contributed by atoms with Gasteiger partial charge in [-0.2, -0.15) is 9.90 Å². The number of nitrogens with one attached hydrogen (secondary N) is 1. The van der Waals surface area contributed by atoms with Crippen LogP contribution in [-0.2, 0) is 4.79 Å². The average Bonchev–Trinajstić information content (AvgIpc) is 2.60. The summed E-state index contributed by atoms with van der Waals surface area (Å²) >= 11 is 0. The van der Waals surface area contributed by atoms with Crippen molar-refractivity contribution in [1.29, 1.82) is 0 Å².